The van der Waals surface area contributed by atoms with E-state index in [1.54, 1.807) is 0 Å². The van der Waals surface area contributed by atoms with Crippen LogP contribution in [0.5, 0.6) is 0 Å². The van der Waals surface area contributed by atoms with Gasteiger partial charge in [-0.25, -0.2) is 0 Å². The van der Waals surface area contributed by atoms with E-state index in [0.29, 0.717) is 0 Å². The van der Waals surface area contributed by atoms with Gasteiger partial charge >= 0.3 is 0 Å². The number of nitriles is 1. The molecule has 0 aromatic heterocycles. The molecule has 2 rings (SSSR count). The molecule has 0 saturated heterocycles. The van der Waals surface area contributed by atoms with Crippen LogP contribution in [0.15, 0.2) is 12.7 Å². The van der Waals surface area contributed by atoms with E-state index in [0.717, 1.165) is 43.4 Å². The molecule has 1 heteroatoms. The summed E-state index contributed by atoms with van der Waals surface area (Å²) in [5.74, 6) is 2.88. The van der Waals surface area contributed by atoms with Crippen molar-refractivity contribution in [1.29, 1.82) is 5.26 Å². The van der Waals surface area contributed by atoms with Gasteiger partial charge in [0.05, 0.1) is 11.5 Å². The van der Waals surface area contributed by atoms with Gasteiger partial charge < -0.3 is 0 Å². The molecule has 2 aliphatic rings. The fraction of sp³-hybridized carbons (Fsp3) is 0.842. The van der Waals surface area contributed by atoms with Crippen molar-refractivity contribution >= 4 is 0 Å². The molecule has 0 aromatic carbocycles. The predicted molar refractivity (Wildman–Crippen MR) is 85.2 cm³/mol. The maximum absolute atomic E-state index is 9.55. The first-order valence-corrected chi connectivity index (χ1v) is 8.75. The van der Waals surface area contributed by atoms with Crippen LogP contribution in [0, 0.1) is 34.5 Å². The first-order valence-electron chi connectivity index (χ1n) is 8.75. The molecule has 0 radical (unpaired) electrons. The van der Waals surface area contributed by atoms with E-state index >= 15 is 0 Å². The maximum Gasteiger partial charge on any atom is 0.0689 e. The van der Waals surface area contributed by atoms with Crippen molar-refractivity contribution in [2.75, 3.05) is 0 Å². The average molecular weight is 273 g/mol. The SMILES string of the molecule is C=CCC[C@]1(C#N)CC[C@@H](C2CCC(CC)CC2)CC1. The molecule has 0 aromatic rings. The van der Waals surface area contributed by atoms with Crippen molar-refractivity contribution in [2.45, 2.75) is 77.6 Å². The van der Waals surface area contributed by atoms with Crippen LogP contribution in [-0.4, -0.2) is 0 Å². The van der Waals surface area contributed by atoms with Crippen molar-refractivity contribution in [2.24, 2.45) is 23.2 Å². The van der Waals surface area contributed by atoms with E-state index in [9.17, 15) is 5.26 Å². The maximum atomic E-state index is 9.55. The summed E-state index contributed by atoms with van der Waals surface area (Å²) < 4.78 is 0. The van der Waals surface area contributed by atoms with Gasteiger partial charge in [0.1, 0.15) is 0 Å². The summed E-state index contributed by atoms with van der Waals surface area (Å²) in [6, 6.07) is 2.64. The molecule has 0 N–H and O–H groups in total. The first kappa shape index (κ1) is 15.6. The Balaban J connectivity index is 1.82. The highest BCUT2D eigenvalue weighted by Gasteiger charge is 2.37. The van der Waals surface area contributed by atoms with Crippen molar-refractivity contribution in [3.05, 3.63) is 12.7 Å². The number of rotatable bonds is 5. The quantitative estimate of drug-likeness (QED) is 0.575. The van der Waals surface area contributed by atoms with Gasteiger partial charge in [0.2, 0.25) is 0 Å². The molecular formula is C19H31N. The van der Waals surface area contributed by atoms with Gasteiger partial charge in [-0.2, -0.15) is 5.26 Å². The Labute approximate surface area is 125 Å². The molecule has 112 valence electrons. The van der Waals surface area contributed by atoms with Crippen molar-refractivity contribution in [3.8, 4) is 6.07 Å². The lowest BCUT2D eigenvalue weighted by atomic mass is 9.63. The molecule has 20 heavy (non-hydrogen) atoms. The lowest BCUT2D eigenvalue weighted by Gasteiger charge is -2.40. The zero-order valence-corrected chi connectivity index (χ0v) is 13.2. The number of hydrogen-bond donors (Lipinski definition) is 0. The van der Waals surface area contributed by atoms with Crippen LogP contribution >= 0.6 is 0 Å². The largest absolute Gasteiger partial charge is 0.198 e. The molecular weight excluding hydrogens is 242 g/mol. The molecule has 2 aliphatic carbocycles. The summed E-state index contributed by atoms with van der Waals surface area (Å²) in [6.07, 6.45) is 16.1. The van der Waals surface area contributed by atoms with Crippen molar-refractivity contribution < 1.29 is 0 Å². The standard InChI is InChI=1S/C19H31N/c1-3-5-12-19(15-20)13-10-18(11-14-19)17-8-6-16(4-2)7-9-17/h3,16-18H,1,4-14H2,2H3/t16?,17?,18-,19+. The third kappa shape index (κ3) is 3.66. The fourth-order valence-electron chi connectivity index (χ4n) is 4.53. The normalized spacial score (nSPS) is 38.1. The summed E-state index contributed by atoms with van der Waals surface area (Å²) in [7, 11) is 0. The van der Waals surface area contributed by atoms with E-state index in [2.05, 4.69) is 19.6 Å². The number of allylic oxidation sites excluding steroid dienone is 1. The minimum atomic E-state index is -0.0225. The zero-order chi connectivity index (χ0) is 14.4. The van der Waals surface area contributed by atoms with Crippen LogP contribution in [-0.2, 0) is 0 Å². The predicted octanol–water partition coefficient (Wildman–Crippen LogP) is 5.87. The van der Waals surface area contributed by atoms with Gasteiger partial charge in [-0.1, -0.05) is 32.3 Å². The zero-order valence-electron chi connectivity index (χ0n) is 13.2. The molecule has 0 amide bonds. The summed E-state index contributed by atoms with van der Waals surface area (Å²) in [5.41, 5.74) is -0.0225. The fourth-order valence-corrected chi connectivity index (χ4v) is 4.53. The third-order valence-electron chi connectivity index (χ3n) is 6.19. The lowest BCUT2D eigenvalue weighted by Crippen LogP contribution is -2.31. The molecule has 0 heterocycles. The van der Waals surface area contributed by atoms with Crippen LogP contribution in [0.25, 0.3) is 0 Å². The lowest BCUT2D eigenvalue weighted by molar-refractivity contribution is 0.118. The van der Waals surface area contributed by atoms with E-state index in [1.165, 1.54) is 44.9 Å². The molecule has 2 fully saturated rings. The molecule has 0 spiro atoms. The van der Waals surface area contributed by atoms with Crippen LogP contribution in [0.1, 0.15) is 77.6 Å². The van der Waals surface area contributed by atoms with E-state index in [4.69, 9.17) is 0 Å². The van der Waals surface area contributed by atoms with E-state index in [-0.39, 0.29) is 5.41 Å². The highest BCUT2D eigenvalue weighted by molar-refractivity contribution is 5.03. The Morgan fingerprint density at radius 3 is 2.20 bits per heavy atom. The monoisotopic (exact) mass is 273 g/mol. The Bertz CT molecular complexity index is 335. The summed E-state index contributed by atoms with van der Waals surface area (Å²) >= 11 is 0. The Hall–Kier alpha value is -0.770. The molecule has 1 nitrogen and oxygen atoms in total. The molecule has 0 bridgehead atoms. The minimum absolute atomic E-state index is 0.0225. The molecule has 0 aliphatic heterocycles. The van der Waals surface area contributed by atoms with Gasteiger partial charge in [-0.05, 0) is 69.1 Å². The molecule has 0 unspecified atom stereocenters. The van der Waals surface area contributed by atoms with Gasteiger partial charge in [0, 0.05) is 0 Å². The molecule has 0 atom stereocenters. The average Bonchev–Trinajstić information content (AvgIpc) is 2.53. The number of hydrogen-bond acceptors (Lipinski definition) is 1. The van der Waals surface area contributed by atoms with Crippen LogP contribution in [0.2, 0.25) is 0 Å². The van der Waals surface area contributed by atoms with Crippen LogP contribution in [0.4, 0.5) is 0 Å². The third-order valence-corrected chi connectivity index (χ3v) is 6.19. The van der Waals surface area contributed by atoms with Crippen LogP contribution < -0.4 is 0 Å². The van der Waals surface area contributed by atoms with Crippen LogP contribution in [0.3, 0.4) is 0 Å². The summed E-state index contributed by atoms with van der Waals surface area (Å²) in [6.45, 7) is 6.14. The van der Waals surface area contributed by atoms with Gasteiger partial charge in [-0.15, -0.1) is 6.58 Å². The van der Waals surface area contributed by atoms with E-state index < -0.39 is 0 Å². The number of nitrogens with zero attached hydrogens (tertiary/aromatic N) is 1. The Kier molecular flexibility index (Phi) is 5.70. The molecule has 2 saturated carbocycles. The van der Waals surface area contributed by atoms with E-state index in [1.807, 2.05) is 6.08 Å². The smallest absolute Gasteiger partial charge is 0.0689 e. The van der Waals surface area contributed by atoms with Gasteiger partial charge in [-0.3, -0.25) is 0 Å². The highest BCUT2D eigenvalue weighted by atomic mass is 14.4. The summed E-state index contributed by atoms with van der Waals surface area (Å²) in [5, 5.41) is 9.55. The first-order chi connectivity index (χ1) is 9.73. The Morgan fingerprint density at radius 2 is 1.70 bits per heavy atom. The van der Waals surface area contributed by atoms with Gasteiger partial charge in [0.15, 0.2) is 0 Å². The Morgan fingerprint density at radius 1 is 1.10 bits per heavy atom. The highest BCUT2D eigenvalue weighted by Crippen LogP contribution is 2.47. The second kappa shape index (κ2) is 7.30. The summed E-state index contributed by atoms with van der Waals surface area (Å²) in [4.78, 5) is 0. The van der Waals surface area contributed by atoms with Crippen molar-refractivity contribution in [1.82, 2.24) is 0 Å². The minimum Gasteiger partial charge on any atom is -0.198 e. The second-order valence-corrected chi connectivity index (χ2v) is 7.25. The topological polar surface area (TPSA) is 23.8 Å². The van der Waals surface area contributed by atoms with Gasteiger partial charge in [0.25, 0.3) is 0 Å². The van der Waals surface area contributed by atoms with Crippen molar-refractivity contribution in [3.63, 3.8) is 0 Å². The second-order valence-electron chi connectivity index (χ2n) is 7.25.